The van der Waals surface area contributed by atoms with E-state index in [-0.39, 0.29) is 18.3 Å². The fourth-order valence-electron chi connectivity index (χ4n) is 1.81. The van der Waals surface area contributed by atoms with Crippen LogP contribution in [0.2, 0.25) is 0 Å². The Bertz CT molecular complexity index is 532. The first kappa shape index (κ1) is 18.1. The highest BCUT2D eigenvalue weighted by molar-refractivity contribution is 5.88. The van der Waals surface area contributed by atoms with Crippen molar-refractivity contribution in [3.05, 3.63) is 42.0 Å². The number of benzene rings is 1. The lowest BCUT2D eigenvalue weighted by Crippen LogP contribution is -2.29. The molecule has 2 N–H and O–H groups in total. The van der Waals surface area contributed by atoms with Gasteiger partial charge in [0.1, 0.15) is 0 Å². The van der Waals surface area contributed by atoms with Gasteiger partial charge in [0.2, 0.25) is 5.91 Å². The van der Waals surface area contributed by atoms with Crippen molar-refractivity contribution in [2.45, 2.75) is 39.4 Å². The van der Waals surface area contributed by atoms with Crippen molar-refractivity contribution in [2.75, 3.05) is 11.9 Å². The fourth-order valence-corrected chi connectivity index (χ4v) is 1.81. The van der Waals surface area contributed by atoms with Gasteiger partial charge in [-0.15, -0.1) is 0 Å². The highest BCUT2D eigenvalue weighted by Gasteiger charge is 2.18. The maximum Gasteiger partial charge on any atom is 0.221 e. The van der Waals surface area contributed by atoms with Crippen molar-refractivity contribution in [2.24, 2.45) is 0 Å². The largest absolute Gasteiger partial charge is 0.387 e. The first-order valence-electron chi connectivity index (χ1n) is 7.12. The molecular weight excluding hydrogens is 282 g/mol. The minimum atomic E-state index is -1.01. The van der Waals surface area contributed by atoms with Gasteiger partial charge in [0.05, 0.1) is 18.8 Å². The molecule has 22 heavy (non-hydrogen) atoms. The van der Waals surface area contributed by atoms with Crippen LogP contribution in [0.3, 0.4) is 0 Å². The van der Waals surface area contributed by atoms with Crippen LogP contribution in [-0.4, -0.2) is 29.0 Å². The predicted molar refractivity (Wildman–Crippen MR) is 85.5 cm³/mol. The maximum atomic E-state index is 10.9. The number of ketones is 1. The van der Waals surface area contributed by atoms with Crippen LogP contribution in [0.4, 0.5) is 5.69 Å². The van der Waals surface area contributed by atoms with E-state index in [0.717, 1.165) is 11.3 Å². The van der Waals surface area contributed by atoms with Crippen LogP contribution in [0.25, 0.3) is 0 Å². The van der Waals surface area contributed by atoms with Crippen molar-refractivity contribution in [3.8, 4) is 0 Å². The van der Waals surface area contributed by atoms with E-state index in [9.17, 15) is 14.7 Å². The molecule has 1 amide bonds. The van der Waals surface area contributed by atoms with E-state index < -0.39 is 5.60 Å². The summed E-state index contributed by atoms with van der Waals surface area (Å²) in [5, 5.41) is 12.8. The zero-order chi connectivity index (χ0) is 16.6. The number of carbonyl (C=O) groups is 2. The van der Waals surface area contributed by atoms with Crippen LogP contribution >= 0.6 is 0 Å². The first-order valence-corrected chi connectivity index (χ1v) is 7.12. The molecule has 0 spiro atoms. The van der Waals surface area contributed by atoms with E-state index in [1.165, 1.54) is 19.9 Å². The van der Waals surface area contributed by atoms with Crippen LogP contribution in [0, 0.1) is 0 Å². The number of nitrogens with one attached hydrogen (secondary N) is 1. The molecule has 0 saturated heterocycles. The topological polar surface area (TPSA) is 75.6 Å². The zero-order valence-electron chi connectivity index (χ0n) is 13.3. The van der Waals surface area contributed by atoms with Crippen molar-refractivity contribution >= 4 is 17.4 Å². The number of anilines is 1. The number of hydrogen-bond acceptors (Lipinski definition) is 4. The molecule has 0 fully saturated rings. The summed E-state index contributed by atoms with van der Waals surface area (Å²) in [5.74, 6) is -0.158. The second-order valence-corrected chi connectivity index (χ2v) is 5.58. The zero-order valence-corrected chi connectivity index (χ0v) is 13.3. The van der Waals surface area contributed by atoms with Gasteiger partial charge in [-0.1, -0.05) is 18.2 Å². The van der Waals surface area contributed by atoms with Gasteiger partial charge in [-0.25, -0.2) is 0 Å². The second kappa shape index (κ2) is 8.46. The summed E-state index contributed by atoms with van der Waals surface area (Å²) < 4.78 is 5.51. The molecule has 0 aliphatic heterocycles. The quantitative estimate of drug-likeness (QED) is 0.723. The first-order chi connectivity index (χ1) is 10.3. The monoisotopic (exact) mass is 305 g/mol. The Morgan fingerprint density at radius 1 is 1.27 bits per heavy atom. The lowest BCUT2D eigenvalue weighted by molar-refractivity contribution is -0.114. The van der Waals surface area contributed by atoms with Crippen LogP contribution in [0.1, 0.15) is 32.8 Å². The second-order valence-electron chi connectivity index (χ2n) is 5.58. The van der Waals surface area contributed by atoms with E-state index >= 15 is 0 Å². The predicted octanol–water partition coefficient (Wildman–Crippen LogP) is 2.45. The molecule has 0 aliphatic carbocycles. The Kier molecular flexibility index (Phi) is 6.95. The molecule has 0 aromatic heterocycles. The average Bonchev–Trinajstić information content (AvgIpc) is 2.39. The number of hydrogen-bond donors (Lipinski definition) is 2. The summed E-state index contributed by atoms with van der Waals surface area (Å²) in [6.07, 6.45) is 3.44. The third-order valence-corrected chi connectivity index (χ3v) is 2.87. The summed E-state index contributed by atoms with van der Waals surface area (Å²) in [6, 6.07) is 7.31. The molecule has 0 saturated carbocycles. The molecule has 120 valence electrons. The number of ether oxygens (including phenoxy) is 1. The summed E-state index contributed by atoms with van der Waals surface area (Å²) in [5.41, 5.74) is 0.670. The Labute approximate surface area is 131 Å². The Hall–Kier alpha value is -1.98. The standard InChI is InChI=1S/C17H23NO4/c1-13(19)5-4-10-17(3,21)12-22-11-15-6-8-16(9-7-15)18-14(2)20/h4-9,21H,10-12H2,1-3H3,(H,18,20)/b5-4+/t17-/m1/s1. The van der Waals surface area contributed by atoms with Crippen LogP contribution in [0.15, 0.2) is 36.4 Å². The third kappa shape index (κ3) is 7.71. The van der Waals surface area contributed by atoms with Crippen LogP contribution in [0.5, 0.6) is 0 Å². The summed E-state index contributed by atoms with van der Waals surface area (Å²) in [7, 11) is 0. The van der Waals surface area contributed by atoms with E-state index in [1.807, 2.05) is 12.1 Å². The Morgan fingerprint density at radius 3 is 2.45 bits per heavy atom. The van der Waals surface area contributed by atoms with Crippen molar-refractivity contribution < 1.29 is 19.4 Å². The normalized spacial score (nSPS) is 13.8. The van der Waals surface area contributed by atoms with E-state index in [4.69, 9.17) is 4.74 Å². The van der Waals surface area contributed by atoms with E-state index in [1.54, 1.807) is 25.1 Å². The highest BCUT2D eigenvalue weighted by Crippen LogP contribution is 2.14. The molecule has 0 unspecified atom stereocenters. The number of allylic oxidation sites excluding steroid dienone is 1. The maximum absolute atomic E-state index is 10.9. The van der Waals surface area contributed by atoms with Crippen molar-refractivity contribution in [1.29, 1.82) is 0 Å². The van der Waals surface area contributed by atoms with Crippen molar-refractivity contribution in [1.82, 2.24) is 0 Å². The highest BCUT2D eigenvalue weighted by atomic mass is 16.5. The third-order valence-electron chi connectivity index (χ3n) is 2.87. The summed E-state index contributed by atoms with van der Waals surface area (Å²) >= 11 is 0. The van der Waals surface area contributed by atoms with E-state index in [2.05, 4.69) is 5.32 Å². The SMILES string of the molecule is CC(=O)/C=C/C[C@@](C)(O)COCc1ccc(NC(C)=O)cc1. The number of aliphatic hydroxyl groups is 1. The molecular formula is C17H23NO4. The fraction of sp³-hybridized carbons (Fsp3) is 0.412. The lowest BCUT2D eigenvalue weighted by atomic mass is 10.0. The van der Waals surface area contributed by atoms with Gasteiger partial charge in [0, 0.05) is 12.6 Å². The smallest absolute Gasteiger partial charge is 0.221 e. The molecule has 0 radical (unpaired) electrons. The van der Waals surface area contributed by atoms with Crippen LogP contribution in [-0.2, 0) is 20.9 Å². The summed E-state index contributed by atoms with van der Waals surface area (Å²) in [4.78, 5) is 21.7. The molecule has 0 bridgehead atoms. The lowest BCUT2D eigenvalue weighted by Gasteiger charge is -2.21. The molecule has 1 aromatic rings. The number of amides is 1. The molecule has 1 aromatic carbocycles. The van der Waals surface area contributed by atoms with Gasteiger partial charge in [-0.05, 0) is 44.0 Å². The average molecular weight is 305 g/mol. The van der Waals surface area contributed by atoms with Gasteiger partial charge in [-0.2, -0.15) is 0 Å². The Morgan fingerprint density at radius 2 is 1.91 bits per heavy atom. The van der Waals surface area contributed by atoms with Gasteiger partial charge >= 0.3 is 0 Å². The molecule has 5 nitrogen and oxygen atoms in total. The minimum Gasteiger partial charge on any atom is -0.387 e. The number of carbonyl (C=O) groups excluding carboxylic acids is 2. The molecule has 0 aliphatic rings. The van der Waals surface area contributed by atoms with Gasteiger partial charge in [0.15, 0.2) is 5.78 Å². The van der Waals surface area contributed by atoms with Gasteiger partial charge in [-0.3, -0.25) is 9.59 Å². The van der Waals surface area contributed by atoms with Crippen molar-refractivity contribution in [3.63, 3.8) is 0 Å². The minimum absolute atomic E-state index is 0.0454. The van der Waals surface area contributed by atoms with Gasteiger partial charge in [0.25, 0.3) is 0 Å². The molecule has 1 rings (SSSR count). The number of rotatable bonds is 8. The molecule has 1 atom stereocenters. The molecule has 5 heteroatoms. The summed E-state index contributed by atoms with van der Waals surface area (Å²) in [6.45, 7) is 5.12. The van der Waals surface area contributed by atoms with E-state index in [0.29, 0.717) is 13.0 Å². The van der Waals surface area contributed by atoms with Crippen LogP contribution < -0.4 is 5.32 Å². The van der Waals surface area contributed by atoms with Gasteiger partial charge < -0.3 is 15.2 Å². The molecule has 0 heterocycles. The Balaban J connectivity index is 2.39.